The largest absolute Gasteiger partial charge is 0.453 e. The Hall–Kier alpha value is -0.410. The molecule has 93 valence electrons. The minimum atomic E-state index is -5.81. The van der Waals surface area contributed by atoms with Gasteiger partial charge in [-0.05, 0) is 0 Å². The van der Waals surface area contributed by atoms with Crippen LogP contribution < -0.4 is 0 Å². The molecule has 15 heavy (non-hydrogen) atoms. The molecular weight excluding hydrogens is 333 g/mol. The number of carbonyl (C=O) groups is 2. The van der Waals surface area contributed by atoms with Crippen molar-refractivity contribution in [2.75, 3.05) is 0 Å². The second-order valence-electron chi connectivity index (χ2n) is 2.09. The normalized spacial score (nSPS) is 12.3. The Morgan fingerprint density at radius 2 is 1.00 bits per heavy atom. The molecule has 0 aliphatic rings. The van der Waals surface area contributed by atoms with Crippen LogP contribution in [0.4, 0.5) is 30.7 Å². The van der Waals surface area contributed by atoms with Gasteiger partial charge in [0.2, 0.25) is 6.17 Å². The monoisotopic (exact) mass is 333 g/mol. The Balaban J connectivity index is 0. The first-order chi connectivity index (χ1) is 5.98. The first-order valence-electron chi connectivity index (χ1n) is 2.84. The molecule has 10 heteroatoms. The van der Waals surface area contributed by atoms with E-state index >= 15 is 0 Å². The van der Waals surface area contributed by atoms with Gasteiger partial charge in [-0.1, -0.05) is 0 Å². The van der Waals surface area contributed by atoms with Crippen molar-refractivity contribution in [1.82, 2.24) is 0 Å². The van der Waals surface area contributed by atoms with E-state index in [-0.39, 0.29) is 22.4 Å². The Morgan fingerprint density at radius 3 is 1.13 bits per heavy atom. The van der Waals surface area contributed by atoms with Crippen LogP contribution in [0.15, 0.2) is 0 Å². The van der Waals surface area contributed by atoms with Crippen molar-refractivity contribution in [3.8, 4) is 0 Å². The van der Waals surface area contributed by atoms with Gasteiger partial charge in [-0.25, -0.2) is 4.39 Å². The molecule has 0 unspecified atom stereocenters. The second-order valence-corrected chi connectivity index (χ2v) is 2.09. The van der Waals surface area contributed by atoms with Crippen LogP contribution in [0.1, 0.15) is 0 Å². The molecule has 0 fully saturated rings. The molecule has 2 nitrogen and oxygen atoms in total. The number of hydrogen-bond donors (Lipinski definition) is 0. The third-order valence-corrected chi connectivity index (χ3v) is 1.02. The van der Waals surface area contributed by atoms with Crippen LogP contribution in [0.2, 0.25) is 0 Å². The molecule has 0 aliphatic heterocycles. The molecule has 0 aliphatic carbocycles. The number of rotatable bonds is 2. The van der Waals surface area contributed by atoms with Crippen molar-refractivity contribution in [1.29, 1.82) is 0 Å². The van der Waals surface area contributed by atoms with Gasteiger partial charge in [0.1, 0.15) is 0 Å². The number of ketones is 2. The summed E-state index contributed by atoms with van der Waals surface area (Å²) in [4.78, 5) is 19.7. The zero-order valence-corrected chi connectivity index (χ0v) is 7.82. The van der Waals surface area contributed by atoms with Gasteiger partial charge in [-0.15, -0.1) is 0 Å². The molecule has 0 bridgehead atoms. The fourth-order valence-electron chi connectivity index (χ4n) is 0.406. The fourth-order valence-corrected chi connectivity index (χ4v) is 0.406. The smallest absolute Gasteiger partial charge is 0.286 e. The first-order valence-corrected chi connectivity index (χ1v) is 2.84. The summed E-state index contributed by atoms with van der Waals surface area (Å²) in [5.41, 5.74) is 0. The van der Waals surface area contributed by atoms with Crippen LogP contribution in [0.5, 0.6) is 0 Å². The number of halogens is 7. The minimum absolute atomic E-state index is 0. The van der Waals surface area contributed by atoms with E-state index in [0.717, 1.165) is 0 Å². The molecule has 0 aromatic heterocycles. The SMILES string of the molecule is O=C(C(F)C(=O)C(F)(F)F)C(F)(F)F.[Ag]. The van der Waals surface area contributed by atoms with Crippen molar-refractivity contribution < 1.29 is 62.7 Å². The maximum Gasteiger partial charge on any atom is 0.453 e. The third kappa shape index (κ3) is 4.76. The summed E-state index contributed by atoms with van der Waals surface area (Å²) >= 11 is 0. The van der Waals surface area contributed by atoms with Gasteiger partial charge in [-0.2, -0.15) is 26.3 Å². The molecule has 1 radical (unpaired) electrons. The number of alkyl halides is 7. The molecule has 0 saturated carbocycles. The van der Waals surface area contributed by atoms with Crippen molar-refractivity contribution in [3.63, 3.8) is 0 Å². The minimum Gasteiger partial charge on any atom is -0.286 e. The van der Waals surface area contributed by atoms with Crippen LogP contribution in [0, 0.1) is 0 Å². The first kappa shape index (κ1) is 17.0. The second kappa shape index (κ2) is 5.08. The predicted molar refractivity (Wildman–Crippen MR) is 27.0 cm³/mol. The van der Waals surface area contributed by atoms with Crippen LogP contribution in [0.25, 0.3) is 0 Å². The summed E-state index contributed by atoms with van der Waals surface area (Å²) in [6.45, 7) is 0. The quantitative estimate of drug-likeness (QED) is 0.437. The Labute approximate surface area is 93.3 Å². The van der Waals surface area contributed by atoms with Crippen LogP contribution in [-0.4, -0.2) is 30.1 Å². The zero-order chi connectivity index (χ0) is 11.7. The molecule has 0 atom stereocenters. The van der Waals surface area contributed by atoms with Crippen molar-refractivity contribution >= 4 is 11.6 Å². The van der Waals surface area contributed by atoms with Crippen LogP contribution in [0.3, 0.4) is 0 Å². The summed E-state index contributed by atoms with van der Waals surface area (Å²) in [6.07, 6.45) is -15.9. The van der Waals surface area contributed by atoms with Crippen molar-refractivity contribution in [2.45, 2.75) is 18.5 Å². The van der Waals surface area contributed by atoms with E-state index in [9.17, 15) is 40.3 Å². The standard InChI is InChI=1S/C5HF7O2.Ag/c6-1(2(13)4(7,8)9)3(14)5(10,11)12;/h1H;. The van der Waals surface area contributed by atoms with Crippen LogP contribution >= 0.6 is 0 Å². The summed E-state index contributed by atoms with van der Waals surface area (Å²) in [5.74, 6) is -6.72. The van der Waals surface area contributed by atoms with E-state index in [2.05, 4.69) is 0 Å². The van der Waals surface area contributed by atoms with E-state index in [1.165, 1.54) is 0 Å². The predicted octanol–water partition coefficient (Wildman–Crippen LogP) is 1.58. The molecular formula is C5HAgF7O2. The van der Waals surface area contributed by atoms with E-state index in [1.807, 2.05) is 0 Å². The van der Waals surface area contributed by atoms with E-state index in [0.29, 0.717) is 0 Å². The van der Waals surface area contributed by atoms with Crippen molar-refractivity contribution in [2.24, 2.45) is 0 Å². The molecule has 0 amide bonds. The van der Waals surface area contributed by atoms with Crippen LogP contribution in [-0.2, 0) is 32.0 Å². The van der Waals surface area contributed by atoms with Gasteiger partial charge in [-0.3, -0.25) is 9.59 Å². The van der Waals surface area contributed by atoms with Gasteiger partial charge in [0.15, 0.2) is 0 Å². The molecule has 0 aromatic carbocycles. The van der Waals surface area contributed by atoms with Crippen molar-refractivity contribution in [3.05, 3.63) is 0 Å². The average molecular weight is 334 g/mol. The van der Waals surface area contributed by atoms with Gasteiger partial charge in [0.25, 0.3) is 11.6 Å². The zero-order valence-electron chi connectivity index (χ0n) is 6.34. The molecule has 0 rings (SSSR count). The Morgan fingerprint density at radius 1 is 0.800 bits per heavy atom. The van der Waals surface area contributed by atoms with Gasteiger partial charge >= 0.3 is 12.4 Å². The summed E-state index contributed by atoms with van der Waals surface area (Å²) in [7, 11) is 0. The summed E-state index contributed by atoms with van der Waals surface area (Å²) in [6, 6.07) is 0. The third-order valence-electron chi connectivity index (χ3n) is 1.02. The molecule has 0 N–H and O–H groups in total. The number of carbonyl (C=O) groups excluding carboxylic acids is 2. The van der Waals surface area contributed by atoms with Gasteiger partial charge < -0.3 is 0 Å². The van der Waals surface area contributed by atoms with Gasteiger partial charge in [0, 0.05) is 22.4 Å². The molecule has 0 spiro atoms. The summed E-state index contributed by atoms with van der Waals surface area (Å²) in [5, 5.41) is 0. The Kier molecular flexibility index (Phi) is 5.76. The Bertz CT molecular complexity index is 229. The fraction of sp³-hybridized carbons (Fsp3) is 0.600. The molecule has 0 aromatic rings. The van der Waals surface area contributed by atoms with E-state index in [4.69, 9.17) is 0 Å². The van der Waals surface area contributed by atoms with E-state index < -0.39 is 30.1 Å². The average Bonchev–Trinajstić information content (AvgIpc) is 1.97. The maximum absolute atomic E-state index is 12.0. The summed E-state index contributed by atoms with van der Waals surface area (Å²) < 4.78 is 80.1. The number of hydrogen-bond acceptors (Lipinski definition) is 2. The maximum atomic E-state index is 12.0. The molecule has 0 heterocycles. The molecule has 0 saturated heterocycles. The topological polar surface area (TPSA) is 34.1 Å². The number of Topliss-reactive ketones (excluding diaryl/α,β-unsaturated/α-hetero) is 2. The van der Waals surface area contributed by atoms with Gasteiger partial charge in [0.05, 0.1) is 0 Å². The van der Waals surface area contributed by atoms with E-state index in [1.54, 1.807) is 0 Å².